The molecule has 0 heterocycles. The standard InChI is InChI=1S/C26H32N2O5/c1-3-4-9-18(15-24(29)27-17(2)14-25(30)31)28-26(32)33-16-23-21-12-7-5-10-19(21)20-11-6-8-13-22(20)23/h5-8,10-13,17-18,23H,3-4,9,14-16H2,1-2H3,(H,27,29)(H,28,32)(H,30,31). The van der Waals surface area contributed by atoms with Gasteiger partial charge in [0.1, 0.15) is 6.61 Å². The first-order chi connectivity index (χ1) is 15.9. The number of ether oxygens (including phenoxy) is 1. The maximum Gasteiger partial charge on any atom is 0.407 e. The minimum Gasteiger partial charge on any atom is -0.481 e. The van der Waals surface area contributed by atoms with Gasteiger partial charge in [-0.15, -0.1) is 0 Å². The number of aliphatic carboxylic acids is 1. The summed E-state index contributed by atoms with van der Waals surface area (Å²) in [5.41, 5.74) is 4.60. The van der Waals surface area contributed by atoms with Crippen molar-refractivity contribution in [1.29, 1.82) is 0 Å². The Labute approximate surface area is 194 Å². The van der Waals surface area contributed by atoms with Gasteiger partial charge in [-0.05, 0) is 35.6 Å². The van der Waals surface area contributed by atoms with Crippen LogP contribution in [0.4, 0.5) is 4.79 Å². The fraction of sp³-hybridized carbons (Fsp3) is 0.423. The lowest BCUT2D eigenvalue weighted by molar-refractivity contribution is -0.137. The van der Waals surface area contributed by atoms with E-state index in [1.54, 1.807) is 6.92 Å². The average molecular weight is 453 g/mol. The number of nitrogens with one attached hydrogen (secondary N) is 2. The Balaban J connectivity index is 1.58. The van der Waals surface area contributed by atoms with Gasteiger partial charge in [0.05, 0.1) is 6.42 Å². The number of fused-ring (bicyclic) bond motifs is 3. The summed E-state index contributed by atoms with van der Waals surface area (Å²) in [4.78, 5) is 35.7. The molecule has 7 heteroatoms. The van der Waals surface area contributed by atoms with E-state index in [-0.39, 0.29) is 37.3 Å². The lowest BCUT2D eigenvalue weighted by atomic mass is 9.98. The lowest BCUT2D eigenvalue weighted by Gasteiger charge is -2.20. The zero-order chi connectivity index (χ0) is 23.8. The Hall–Kier alpha value is -3.35. The fourth-order valence-electron chi connectivity index (χ4n) is 4.35. The normalized spacial score (nSPS) is 14.0. The summed E-state index contributed by atoms with van der Waals surface area (Å²) in [6, 6.07) is 15.4. The highest BCUT2D eigenvalue weighted by Gasteiger charge is 2.29. The molecule has 3 rings (SSSR count). The van der Waals surface area contributed by atoms with Crippen LogP contribution >= 0.6 is 0 Å². The third-order valence-corrected chi connectivity index (χ3v) is 5.89. The first-order valence-corrected chi connectivity index (χ1v) is 11.5. The number of carboxylic acids is 1. The molecule has 0 aliphatic heterocycles. The van der Waals surface area contributed by atoms with Crippen LogP contribution in [0.25, 0.3) is 11.1 Å². The molecule has 1 aliphatic carbocycles. The molecular formula is C26H32N2O5. The van der Waals surface area contributed by atoms with Crippen LogP contribution < -0.4 is 10.6 Å². The highest BCUT2D eigenvalue weighted by molar-refractivity contribution is 5.80. The first-order valence-electron chi connectivity index (χ1n) is 11.5. The molecule has 0 saturated carbocycles. The average Bonchev–Trinajstić information content (AvgIpc) is 3.09. The number of carboxylic acid groups (broad SMARTS) is 1. The van der Waals surface area contributed by atoms with Crippen molar-refractivity contribution >= 4 is 18.0 Å². The van der Waals surface area contributed by atoms with Crippen molar-refractivity contribution in [2.45, 2.75) is 64.0 Å². The molecular weight excluding hydrogens is 420 g/mol. The van der Waals surface area contributed by atoms with Gasteiger partial charge < -0.3 is 20.5 Å². The second kappa shape index (κ2) is 11.5. The van der Waals surface area contributed by atoms with E-state index < -0.39 is 18.1 Å². The van der Waals surface area contributed by atoms with Crippen molar-refractivity contribution in [2.24, 2.45) is 0 Å². The Bertz CT molecular complexity index is 945. The van der Waals surface area contributed by atoms with Crippen LogP contribution in [0, 0.1) is 0 Å². The Morgan fingerprint density at radius 1 is 0.970 bits per heavy atom. The van der Waals surface area contributed by atoms with Crippen molar-refractivity contribution in [3.8, 4) is 11.1 Å². The summed E-state index contributed by atoms with van der Waals surface area (Å²) < 4.78 is 5.61. The molecule has 2 atom stereocenters. The molecule has 33 heavy (non-hydrogen) atoms. The van der Waals surface area contributed by atoms with E-state index in [2.05, 4.69) is 34.9 Å². The highest BCUT2D eigenvalue weighted by atomic mass is 16.5. The van der Waals surface area contributed by atoms with Crippen LogP contribution in [0.15, 0.2) is 48.5 Å². The second-order valence-electron chi connectivity index (χ2n) is 8.58. The van der Waals surface area contributed by atoms with Gasteiger partial charge in [-0.25, -0.2) is 4.79 Å². The molecule has 0 spiro atoms. The molecule has 2 unspecified atom stereocenters. The quantitative estimate of drug-likeness (QED) is 0.467. The molecule has 2 amide bonds. The molecule has 0 fully saturated rings. The topological polar surface area (TPSA) is 105 Å². The third-order valence-electron chi connectivity index (χ3n) is 5.89. The summed E-state index contributed by atoms with van der Waals surface area (Å²) in [6.45, 7) is 3.90. The SMILES string of the molecule is CCCCC(CC(=O)NC(C)CC(=O)O)NC(=O)OCC1c2ccccc2-c2ccccc21. The van der Waals surface area contributed by atoms with Gasteiger partial charge in [0, 0.05) is 24.4 Å². The van der Waals surface area contributed by atoms with E-state index >= 15 is 0 Å². The molecule has 0 saturated heterocycles. The number of carbonyl (C=O) groups is 3. The zero-order valence-electron chi connectivity index (χ0n) is 19.2. The molecule has 2 aromatic rings. The molecule has 2 aromatic carbocycles. The van der Waals surface area contributed by atoms with Crippen LogP contribution in [0.1, 0.15) is 63.0 Å². The summed E-state index contributed by atoms with van der Waals surface area (Å²) in [6.07, 6.45) is 1.80. The van der Waals surface area contributed by atoms with E-state index in [0.717, 1.165) is 35.1 Å². The number of alkyl carbamates (subject to hydrolysis) is 1. The highest BCUT2D eigenvalue weighted by Crippen LogP contribution is 2.44. The number of hydrogen-bond donors (Lipinski definition) is 3. The van der Waals surface area contributed by atoms with Crippen molar-refractivity contribution < 1.29 is 24.2 Å². The Kier molecular flexibility index (Phi) is 8.46. The molecule has 1 aliphatic rings. The fourth-order valence-corrected chi connectivity index (χ4v) is 4.35. The second-order valence-corrected chi connectivity index (χ2v) is 8.58. The number of amides is 2. The predicted octanol–water partition coefficient (Wildman–Crippen LogP) is 4.45. The van der Waals surface area contributed by atoms with Crippen LogP contribution in [-0.4, -0.2) is 41.8 Å². The number of benzene rings is 2. The van der Waals surface area contributed by atoms with E-state index in [1.165, 1.54) is 0 Å². The van der Waals surface area contributed by atoms with Gasteiger partial charge in [-0.1, -0.05) is 68.3 Å². The molecule has 0 radical (unpaired) electrons. The van der Waals surface area contributed by atoms with Crippen molar-refractivity contribution in [1.82, 2.24) is 10.6 Å². The molecule has 0 aromatic heterocycles. The summed E-state index contributed by atoms with van der Waals surface area (Å²) >= 11 is 0. The third kappa shape index (κ3) is 6.57. The molecule has 7 nitrogen and oxygen atoms in total. The van der Waals surface area contributed by atoms with Crippen molar-refractivity contribution in [3.05, 3.63) is 59.7 Å². The van der Waals surface area contributed by atoms with Gasteiger partial charge in [0.15, 0.2) is 0 Å². The Morgan fingerprint density at radius 2 is 1.58 bits per heavy atom. The minimum absolute atomic E-state index is 0.0302. The first kappa shape index (κ1) is 24.3. The van der Waals surface area contributed by atoms with Gasteiger partial charge in [0.25, 0.3) is 0 Å². The molecule has 3 N–H and O–H groups in total. The smallest absolute Gasteiger partial charge is 0.407 e. The molecule has 176 valence electrons. The van der Waals surface area contributed by atoms with E-state index in [9.17, 15) is 14.4 Å². The summed E-state index contributed by atoms with van der Waals surface area (Å²) in [5, 5.41) is 14.4. The van der Waals surface area contributed by atoms with Crippen LogP contribution in [0.2, 0.25) is 0 Å². The monoisotopic (exact) mass is 452 g/mol. The Morgan fingerprint density at radius 3 is 2.15 bits per heavy atom. The number of rotatable bonds is 11. The van der Waals surface area contributed by atoms with Crippen molar-refractivity contribution in [2.75, 3.05) is 6.61 Å². The summed E-state index contributed by atoms with van der Waals surface area (Å²) in [5.74, 6) is -1.29. The van der Waals surface area contributed by atoms with Gasteiger partial charge in [-0.3, -0.25) is 9.59 Å². The summed E-state index contributed by atoms with van der Waals surface area (Å²) in [7, 11) is 0. The van der Waals surface area contributed by atoms with Crippen LogP contribution in [0.5, 0.6) is 0 Å². The minimum atomic E-state index is -0.970. The zero-order valence-corrected chi connectivity index (χ0v) is 19.2. The van der Waals surface area contributed by atoms with Crippen molar-refractivity contribution in [3.63, 3.8) is 0 Å². The number of hydrogen-bond acceptors (Lipinski definition) is 4. The maximum absolute atomic E-state index is 12.6. The van der Waals surface area contributed by atoms with Gasteiger partial charge in [-0.2, -0.15) is 0 Å². The lowest BCUT2D eigenvalue weighted by Crippen LogP contribution is -2.42. The largest absolute Gasteiger partial charge is 0.481 e. The predicted molar refractivity (Wildman–Crippen MR) is 126 cm³/mol. The van der Waals surface area contributed by atoms with E-state index in [0.29, 0.717) is 6.42 Å². The van der Waals surface area contributed by atoms with Crippen LogP contribution in [-0.2, 0) is 14.3 Å². The number of carbonyl (C=O) groups excluding carboxylic acids is 2. The van der Waals surface area contributed by atoms with E-state index in [1.807, 2.05) is 31.2 Å². The van der Waals surface area contributed by atoms with Crippen LogP contribution in [0.3, 0.4) is 0 Å². The van der Waals surface area contributed by atoms with Gasteiger partial charge in [0.2, 0.25) is 5.91 Å². The van der Waals surface area contributed by atoms with Gasteiger partial charge >= 0.3 is 12.1 Å². The number of unbranched alkanes of at least 4 members (excludes halogenated alkanes) is 1. The maximum atomic E-state index is 12.6. The van der Waals surface area contributed by atoms with E-state index in [4.69, 9.17) is 9.84 Å². The molecule has 0 bridgehead atoms.